The lowest BCUT2D eigenvalue weighted by Gasteiger charge is -2.16. The predicted octanol–water partition coefficient (Wildman–Crippen LogP) is 0.802. The molecule has 1 aliphatic rings. The van der Waals surface area contributed by atoms with Crippen LogP contribution in [0.25, 0.3) is 0 Å². The van der Waals surface area contributed by atoms with E-state index in [2.05, 4.69) is 14.3 Å². The molecule has 1 aliphatic heterocycles. The molecule has 9 heteroatoms. The lowest BCUT2D eigenvalue weighted by atomic mass is 10.1. The van der Waals surface area contributed by atoms with Crippen molar-refractivity contribution in [1.29, 1.82) is 0 Å². The summed E-state index contributed by atoms with van der Waals surface area (Å²) in [6.45, 7) is 0.240. The van der Waals surface area contributed by atoms with Crippen molar-refractivity contribution >= 4 is 32.6 Å². The van der Waals surface area contributed by atoms with Gasteiger partial charge in [0.15, 0.2) is 0 Å². The molecule has 1 aromatic rings. The predicted molar refractivity (Wildman–Crippen MR) is 76.0 cm³/mol. The van der Waals surface area contributed by atoms with Gasteiger partial charge in [0.2, 0.25) is 14.9 Å². The molecule has 2 unspecified atom stereocenters. The number of anilines is 1. The second-order valence-electron chi connectivity index (χ2n) is 4.52. The standard InChI is InChI=1S/C13H14NO7P/c1-19-12(16)9-6-11(15)14(7-9)10-4-2-8(3-5-10)13(17)20-21-22-18/h2-5,9,18,22H,6-7H2,1H3. The third kappa shape index (κ3) is 3.59. The van der Waals surface area contributed by atoms with Crippen molar-refractivity contribution in [3.63, 3.8) is 0 Å². The Hall–Kier alpha value is -2.02. The third-order valence-electron chi connectivity index (χ3n) is 3.23. The van der Waals surface area contributed by atoms with Gasteiger partial charge in [0.25, 0.3) is 0 Å². The van der Waals surface area contributed by atoms with Gasteiger partial charge in [0.05, 0.1) is 18.6 Å². The van der Waals surface area contributed by atoms with Crippen LogP contribution in [-0.2, 0) is 23.9 Å². The molecule has 1 N–H and O–H groups in total. The van der Waals surface area contributed by atoms with Gasteiger partial charge in [-0.15, -0.1) is 4.67 Å². The topological polar surface area (TPSA) is 102 Å². The average Bonchev–Trinajstić information content (AvgIpc) is 2.93. The second-order valence-corrected chi connectivity index (χ2v) is 4.87. The Morgan fingerprint density at radius 3 is 2.59 bits per heavy atom. The van der Waals surface area contributed by atoms with Crippen LogP contribution in [0.2, 0.25) is 0 Å². The van der Waals surface area contributed by atoms with Gasteiger partial charge in [-0.2, -0.15) is 0 Å². The highest BCUT2D eigenvalue weighted by Crippen LogP contribution is 2.26. The van der Waals surface area contributed by atoms with Gasteiger partial charge in [0.1, 0.15) is 0 Å². The van der Waals surface area contributed by atoms with Crippen LogP contribution in [0, 0.1) is 5.92 Å². The number of nitrogens with zero attached hydrogens (tertiary/aromatic N) is 1. The maximum Gasteiger partial charge on any atom is 0.373 e. The largest absolute Gasteiger partial charge is 0.469 e. The van der Waals surface area contributed by atoms with Crippen LogP contribution >= 0.6 is 9.03 Å². The van der Waals surface area contributed by atoms with E-state index in [9.17, 15) is 14.4 Å². The van der Waals surface area contributed by atoms with Gasteiger partial charge >= 0.3 is 11.9 Å². The van der Waals surface area contributed by atoms with Crippen LogP contribution in [0.4, 0.5) is 5.69 Å². The molecule has 0 bridgehead atoms. The number of carbonyl (C=O) groups excluding carboxylic acids is 3. The molecule has 1 saturated heterocycles. The SMILES string of the molecule is COC(=O)C1CC(=O)N(c2ccc(C(=O)OOPO)cc2)C1. The number of ether oxygens (including phenoxy) is 1. The summed E-state index contributed by atoms with van der Waals surface area (Å²) in [5, 5.41) is 0. The fourth-order valence-corrected chi connectivity index (χ4v) is 2.28. The lowest BCUT2D eigenvalue weighted by molar-refractivity contribution is -0.145. The van der Waals surface area contributed by atoms with E-state index in [0.29, 0.717) is 5.69 Å². The number of carbonyl (C=O) groups is 3. The summed E-state index contributed by atoms with van der Waals surface area (Å²) in [7, 11) is 0.331. The molecule has 0 spiro atoms. The Morgan fingerprint density at radius 2 is 2.00 bits per heavy atom. The van der Waals surface area contributed by atoms with Gasteiger partial charge in [-0.25, -0.2) is 4.79 Å². The lowest BCUT2D eigenvalue weighted by Crippen LogP contribution is -2.26. The van der Waals surface area contributed by atoms with Crippen LogP contribution in [-0.4, -0.2) is 36.4 Å². The zero-order valence-electron chi connectivity index (χ0n) is 11.6. The van der Waals surface area contributed by atoms with Crippen LogP contribution in [0.3, 0.4) is 0 Å². The maximum absolute atomic E-state index is 11.9. The van der Waals surface area contributed by atoms with E-state index < -0.39 is 26.9 Å². The first kappa shape index (κ1) is 16.4. The summed E-state index contributed by atoms with van der Waals surface area (Å²) in [4.78, 5) is 49.1. The number of hydrogen-bond donors (Lipinski definition) is 1. The molecule has 0 radical (unpaired) electrons. The number of hydrogen-bond acceptors (Lipinski definition) is 7. The summed E-state index contributed by atoms with van der Waals surface area (Å²) >= 11 is 0. The number of esters is 1. The summed E-state index contributed by atoms with van der Waals surface area (Å²) in [5.74, 6) is -1.84. The number of methoxy groups -OCH3 is 1. The Kier molecular flexibility index (Phi) is 5.43. The monoisotopic (exact) mass is 327 g/mol. The van der Waals surface area contributed by atoms with Crippen LogP contribution in [0.5, 0.6) is 0 Å². The Bertz CT molecular complexity index is 574. The molecule has 0 saturated carbocycles. The van der Waals surface area contributed by atoms with Crippen molar-refractivity contribution in [3.05, 3.63) is 29.8 Å². The van der Waals surface area contributed by atoms with Crippen molar-refractivity contribution in [2.45, 2.75) is 6.42 Å². The molecule has 2 atom stereocenters. The van der Waals surface area contributed by atoms with E-state index in [1.807, 2.05) is 0 Å². The first-order valence-electron chi connectivity index (χ1n) is 6.32. The minimum atomic E-state index is -0.951. The smallest absolute Gasteiger partial charge is 0.373 e. The normalized spacial score (nSPS) is 18.0. The Balaban J connectivity index is 2.06. The number of amides is 1. The first-order valence-corrected chi connectivity index (χ1v) is 7.17. The highest BCUT2D eigenvalue weighted by atomic mass is 31.1. The van der Waals surface area contributed by atoms with E-state index in [1.165, 1.54) is 24.1 Å². The number of rotatable bonds is 5. The van der Waals surface area contributed by atoms with Crippen LogP contribution < -0.4 is 4.90 Å². The third-order valence-corrected chi connectivity index (χ3v) is 3.39. The fraction of sp³-hybridized carbons (Fsp3) is 0.308. The van der Waals surface area contributed by atoms with E-state index >= 15 is 0 Å². The quantitative estimate of drug-likeness (QED) is 0.369. The molecule has 1 amide bonds. The Labute approximate surface area is 127 Å². The molecule has 0 aromatic heterocycles. The highest BCUT2D eigenvalue weighted by molar-refractivity contribution is 7.24. The zero-order valence-corrected chi connectivity index (χ0v) is 12.6. The van der Waals surface area contributed by atoms with Crippen molar-refractivity contribution < 1.29 is 33.6 Å². The number of benzene rings is 1. The first-order chi connectivity index (χ1) is 10.6. The van der Waals surface area contributed by atoms with Crippen molar-refractivity contribution in [1.82, 2.24) is 0 Å². The molecular formula is C13H14NO7P. The van der Waals surface area contributed by atoms with Crippen LogP contribution in [0.15, 0.2) is 24.3 Å². The second kappa shape index (κ2) is 7.31. The summed E-state index contributed by atoms with van der Waals surface area (Å²) < 4.78 is 8.81. The summed E-state index contributed by atoms with van der Waals surface area (Å²) in [6.07, 6.45) is 0.0989. The van der Waals surface area contributed by atoms with Gasteiger partial charge in [-0.1, -0.05) is 0 Å². The van der Waals surface area contributed by atoms with Crippen molar-refractivity contribution in [3.8, 4) is 0 Å². The van der Waals surface area contributed by atoms with Crippen LogP contribution in [0.1, 0.15) is 16.8 Å². The molecule has 22 heavy (non-hydrogen) atoms. The molecule has 1 heterocycles. The van der Waals surface area contributed by atoms with Gasteiger partial charge in [-0.3, -0.25) is 14.5 Å². The van der Waals surface area contributed by atoms with E-state index in [4.69, 9.17) is 4.89 Å². The minimum absolute atomic E-state index is 0.0989. The van der Waals surface area contributed by atoms with E-state index in [0.717, 1.165) is 0 Å². The molecule has 118 valence electrons. The van der Waals surface area contributed by atoms with Crippen molar-refractivity contribution in [2.24, 2.45) is 5.92 Å². The van der Waals surface area contributed by atoms with E-state index in [-0.39, 0.29) is 24.4 Å². The van der Waals surface area contributed by atoms with E-state index in [1.54, 1.807) is 12.1 Å². The molecule has 1 fully saturated rings. The zero-order chi connectivity index (χ0) is 16.1. The molecule has 1 aromatic carbocycles. The summed E-state index contributed by atoms with van der Waals surface area (Å²) in [6, 6.07) is 6.05. The fourth-order valence-electron chi connectivity index (χ4n) is 2.16. The minimum Gasteiger partial charge on any atom is -0.469 e. The molecule has 0 aliphatic carbocycles. The van der Waals surface area contributed by atoms with Gasteiger partial charge < -0.3 is 14.5 Å². The molecule has 2 rings (SSSR count). The molecule has 8 nitrogen and oxygen atoms in total. The van der Waals surface area contributed by atoms with Gasteiger partial charge in [-0.05, 0) is 24.3 Å². The average molecular weight is 327 g/mol. The highest BCUT2D eigenvalue weighted by Gasteiger charge is 2.35. The maximum atomic E-state index is 11.9. The Morgan fingerprint density at radius 1 is 1.32 bits per heavy atom. The van der Waals surface area contributed by atoms with Crippen molar-refractivity contribution in [2.75, 3.05) is 18.6 Å². The molecular weight excluding hydrogens is 313 g/mol. The van der Waals surface area contributed by atoms with Gasteiger partial charge in [0, 0.05) is 18.7 Å². The summed E-state index contributed by atoms with van der Waals surface area (Å²) in [5.41, 5.74) is 0.774.